The number of carbonyl (C=O) groups is 1. The van der Waals surface area contributed by atoms with Crippen molar-refractivity contribution in [3.05, 3.63) is 58.4 Å². The first-order valence-corrected chi connectivity index (χ1v) is 11.7. The highest BCUT2D eigenvalue weighted by molar-refractivity contribution is 7.71. The molecule has 0 aliphatic heterocycles. The number of unbranched alkanes of at least 4 members (excludes halogenated alkanes) is 2. The molecule has 2 aromatic carbocycles. The highest BCUT2D eigenvalue weighted by atomic mass is 32.1. The van der Waals surface area contributed by atoms with Crippen molar-refractivity contribution >= 4 is 29.6 Å². The molecule has 33 heavy (non-hydrogen) atoms. The number of aromatic amines is 1. The van der Waals surface area contributed by atoms with Crippen LogP contribution in [0.25, 0.3) is 5.69 Å². The van der Waals surface area contributed by atoms with Crippen LogP contribution in [0.4, 0.5) is 11.4 Å². The third-order valence-electron chi connectivity index (χ3n) is 5.58. The molecule has 0 amide bonds. The van der Waals surface area contributed by atoms with Gasteiger partial charge in [0.15, 0.2) is 0 Å². The van der Waals surface area contributed by atoms with E-state index in [4.69, 9.17) is 17.3 Å². The Hall–Kier alpha value is -3.20. The number of carboxylic acid groups (broad SMARTS) is 1. The Morgan fingerprint density at radius 3 is 2.52 bits per heavy atom. The average Bonchev–Trinajstić information content (AvgIpc) is 3.21. The summed E-state index contributed by atoms with van der Waals surface area (Å²) in [7, 11) is 0. The maximum atomic E-state index is 10.8. The molecule has 0 aliphatic rings. The van der Waals surface area contributed by atoms with E-state index in [1.807, 2.05) is 24.3 Å². The Morgan fingerprint density at radius 2 is 1.82 bits per heavy atom. The fourth-order valence-electron chi connectivity index (χ4n) is 4.02. The lowest BCUT2D eigenvalue weighted by Crippen LogP contribution is -2.28. The second kappa shape index (κ2) is 12.2. The van der Waals surface area contributed by atoms with E-state index in [1.54, 1.807) is 4.68 Å². The molecule has 0 fully saturated rings. The number of anilines is 2. The molecular formula is C24H32N6O2S. The van der Waals surface area contributed by atoms with Crippen molar-refractivity contribution in [3.63, 3.8) is 0 Å². The predicted octanol–water partition coefficient (Wildman–Crippen LogP) is 4.90. The zero-order chi connectivity index (χ0) is 23.6. The van der Waals surface area contributed by atoms with Gasteiger partial charge in [-0.25, -0.2) is 4.68 Å². The number of tetrazole rings is 1. The molecule has 0 atom stereocenters. The number of carboxylic acids is 1. The molecule has 0 saturated heterocycles. The van der Waals surface area contributed by atoms with E-state index in [2.05, 4.69) is 57.8 Å². The number of hydrogen-bond donors (Lipinski definition) is 3. The molecule has 176 valence electrons. The van der Waals surface area contributed by atoms with Crippen LogP contribution in [-0.4, -0.2) is 50.9 Å². The van der Waals surface area contributed by atoms with Gasteiger partial charge in [0.1, 0.15) is 0 Å². The molecule has 0 aliphatic carbocycles. The number of rotatable bonds is 13. The van der Waals surface area contributed by atoms with E-state index >= 15 is 0 Å². The Kier molecular flexibility index (Phi) is 9.00. The van der Waals surface area contributed by atoms with Gasteiger partial charge in [0, 0.05) is 37.4 Å². The third kappa shape index (κ3) is 7.15. The number of para-hydroxylation sites is 1. The molecule has 0 saturated carbocycles. The molecule has 1 heterocycles. The van der Waals surface area contributed by atoms with E-state index in [0.29, 0.717) is 4.77 Å². The number of benzene rings is 2. The van der Waals surface area contributed by atoms with Gasteiger partial charge in [-0.2, -0.15) is 5.21 Å². The van der Waals surface area contributed by atoms with Gasteiger partial charge < -0.3 is 15.3 Å². The minimum Gasteiger partial charge on any atom is -0.481 e. The van der Waals surface area contributed by atoms with Gasteiger partial charge in [-0.3, -0.25) is 4.79 Å². The van der Waals surface area contributed by atoms with E-state index in [0.717, 1.165) is 56.7 Å². The van der Waals surface area contributed by atoms with Crippen molar-refractivity contribution in [1.29, 1.82) is 0 Å². The Morgan fingerprint density at radius 1 is 1.09 bits per heavy atom. The normalized spacial score (nSPS) is 10.8. The maximum Gasteiger partial charge on any atom is 0.303 e. The fourth-order valence-corrected chi connectivity index (χ4v) is 4.21. The topological polar surface area (TPSA) is 99.1 Å². The SMILES string of the molecule is Cc1cccc(C)c1N(CCCCCC(=O)O)CCCNc1cccc(-n2[nH]nnc2=S)c1. The second-order valence-electron chi connectivity index (χ2n) is 8.18. The van der Waals surface area contributed by atoms with Crippen LogP contribution in [0.15, 0.2) is 42.5 Å². The highest BCUT2D eigenvalue weighted by Gasteiger charge is 2.12. The van der Waals surface area contributed by atoms with Gasteiger partial charge in [-0.1, -0.05) is 41.0 Å². The van der Waals surface area contributed by atoms with Crippen molar-refractivity contribution in [2.75, 3.05) is 29.9 Å². The molecule has 3 N–H and O–H groups in total. The first-order chi connectivity index (χ1) is 16.0. The van der Waals surface area contributed by atoms with Crippen molar-refractivity contribution in [2.45, 2.75) is 46.0 Å². The monoisotopic (exact) mass is 468 g/mol. The minimum absolute atomic E-state index is 0.242. The molecule has 9 heteroatoms. The van der Waals surface area contributed by atoms with Crippen LogP contribution in [0.3, 0.4) is 0 Å². The summed E-state index contributed by atoms with van der Waals surface area (Å²) in [6, 6.07) is 14.4. The Bertz CT molecular complexity index is 1090. The summed E-state index contributed by atoms with van der Waals surface area (Å²) < 4.78 is 2.05. The van der Waals surface area contributed by atoms with Crippen LogP contribution >= 0.6 is 12.2 Å². The van der Waals surface area contributed by atoms with Gasteiger partial charge >= 0.3 is 5.97 Å². The van der Waals surface area contributed by atoms with Gasteiger partial charge in [0.25, 0.3) is 0 Å². The van der Waals surface area contributed by atoms with Crippen molar-refractivity contribution in [1.82, 2.24) is 20.2 Å². The summed E-state index contributed by atoms with van der Waals surface area (Å²) in [5.41, 5.74) is 5.72. The lowest BCUT2D eigenvalue weighted by molar-refractivity contribution is -0.137. The van der Waals surface area contributed by atoms with E-state index in [-0.39, 0.29) is 6.42 Å². The molecule has 8 nitrogen and oxygen atoms in total. The molecule has 3 aromatic rings. The molecule has 0 bridgehead atoms. The van der Waals surface area contributed by atoms with Crippen LogP contribution in [0.2, 0.25) is 0 Å². The Balaban J connectivity index is 1.57. The number of H-pyrrole nitrogens is 1. The van der Waals surface area contributed by atoms with Gasteiger partial charge in [-0.15, -0.1) is 0 Å². The lowest BCUT2D eigenvalue weighted by atomic mass is 10.1. The largest absolute Gasteiger partial charge is 0.481 e. The summed E-state index contributed by atoms with van der Waals surface area (Å²) in [4.78, 5) is 13.2. The van der Waals surface area contributed by atoms with Crippen molar-refractivity contribution in [2.24, 2.45) is 0 Å². The summed E-state index contributed by atoms with van der Waals surface area (Å²) in [6.07, 6.45) is 3.84. The molecule has 0 unspecified atom stereocenters. The van der Waals surface area contributed by atoms with E-state index in [1.165, 1.54) is 16.8 Å². The number of hydrogen-bond acceptors (Lipinski definition) is 6. The quantitative estimate of drug-likeness (QED) is 0.242. The molecule has 0 spiro atoms. The smallest absolute Gasteiger partial charge is 0.303 e. The predicted molar refractivity (Wildman–Crippen MR) is 134 cm³/mol. The van der Waals surface area contributed by atoms with Crippen LogP contribution < -0.4 is 10.2 Å². The number of aliphatic carboxylic acids is 1. The van der Waals surface area contributed by atoms with Crippen LogP contribution in [0, 0.1) is 18.6 Å². The number of aromatic nitrogens is 4. The molecular weight excluding hydrogens is 436 g/mol. The van der Waals surface area contributed by atoms with Crippen LogP contribution in [0.5, 0.6) is 0 Å². The Labute approximate surface area is 199 Å². The lowest BCUT2D eigenvalue weighted by Gasteiger charge is -2.28. The first-order valence-electron chi connectivity index (χ1n) is 11.3. The highest BCUT2D eigenvalue weighted by Crippen LogP contribution is 2.25. The average molecular weight is 469 g/mol. The van der Waals surface area contributed by atoms with E-state index in [9.17, 15) is 4.79 Å². The summed E-state index contributed by atoms with van der Waals surface area (Å²) in [5, 5.41) is 22.7. The number of nitrogens with one attached hydrogen (secondary N) is 2. The number of aryl methyl sites for hydroxylation is 2. The van der Waals surface area contributed by atoms with E-state index < -0.39 is 5.97 Å². The summed E-state index contributed by atoms with van der Waals surface area (Å²) in [6.45, 7) is 6.98. The fraction of sp³-hybridized carbons (Fsp3) is 0.417. The van der Waals surface area contributed by atoms with Gasteiger partial charge in [0.05, 0.1) is 5.69 Å². The maximum absolute atomic E-state index is 10.8. The van der Waals surface area contributed by atoms with Crippen molar-refractivity contribution < 1.29 is 9.90 Å². The van der Waals surface area contributed by atoms with Crippen molar-refractivity contribution in [3.8, 4) is 5.69 Å². The minimum atomic E-state index is -0.720. The third-order valence-corrected chi connectivity index (χ3v) is 5.85. The van der Waals surface area contributed by atoms with Crippen LogP contribution in [-0.2, 0) is 4.79 Å². The standard InChI is InChI=1S/C24H32N6O2S/c1-18-9-6-10-19(2)23(18)29(15-5-3-4-13-22(31)32)16-8-14-25-20-11-7-12-21(17-20)30-24(33)26-27-28-30/h6-7,9-12,17,25H,3-5,8,13-16H2,1-2H3,(H,31,32)(H,26,28,33). The molecule has 3 rings (SSSR count). The molecule has 0 radical (unpaired) electrons. The van der Waals surface area contributed by atoms with Gasteiger partial charge in [0.2, 0.25) is 4.77 Å². The summed E-state index contributed by atoms with van der Waals surface area (Å²) >= 11 is 5.18. The zero-order valence-corrected chi connectivity index (χ0v) is 20.1. The number of nitrogens with zero attached hydrogens (tertiary/aromatic N) is 4. The van der Waals surface area contributed by atoms with Gasteiger partial charge in [-0.05, 0) is 74.7 Å². The summed E-state index contributed by atoms with van der Waals surface area (Å²) in [5.74, 6) is -0.720. The second-order valence-corrected chi connectivity index (χ2v) is 8.55. The first kappa shape index (κ1) is 24.4. The van der Waals surface area contributed by atoms with Crippen LogP contribution in [0.1, 0.15) is 43.2 Å². The zero-order valence-electron chi connectivity index (χ0n) is 19.3. The molecule has 1 aromatic heterocycles.